The molecule has 0 aliphatic heterocycles. The summed E-state index contributed by atoms with van der Waals surface area (Å²) in [7, 11) is -3.46. The van der Waals surface area contributed by atoms with Gasteiger partial charge < -0.3 is 8.98 Å². The highest BCUT2D eigenvalue weighted by atomic mass is 35.5. The summed E-state index contributed by atoms with van der Waals surface area (Å²) in [4.78, 5) is 0. The van der Waals surface area contributed by atoms with Gasteiger partial charge in [0.25, 0.3) is 0 Å². The molecule has 10 heteroatoms. The molecule has 0 radical (unpaired) electrons. The molecule has 0 saturated heterocycles. The Morgan fingerprint density at radius 2 is 1.61 bits per heavy atom. The molecule has 5 rings (SSSR count). The van der Waals surface area contributed by atoms with E-state index in [0.717, 1.165) is 28.3 Å². The third kappa shape index (κ3) is 4.36. The van der Waals surface area contributed by atoms with E-state index in [-0.39, 0.29) is 0 Å². The first-order chi connectivity index (χ1) is 17.2. The zero-order valence-corrected chi connectivity index (χ0v) is 21.8. The Morgan fingerprint density at radius 3 is 2.25 bits per heavy atom. The molecule has 0 aliphatic rings. The average molecular weight is 541 g/mol. The predicted molar refractivity (Wildman–Crippen MR) is 143 cm³/mol. The molecule has 0 spiro atoms. The highest BCUT2D eigenvalue weighted by molar-refractivity contribution is 7.92. The molecular weight excluding hydrogens is 519 g/mol. The first kappa shape index (κ1) is 24.4. The van der Waals surface area contributed by atoms with E-state index in [4.69, 9.17) is 27.6 Å². The minimum atomic E-state index is -3.46. The van der Waals surface area contributed by atoms with Crippen molar-refractivity contribution < 1.29 is 12.8 Å². The zero-order valence-electron chi connectivity index (χ0n) is 19.4. The number of halogens is 2. The number of hydrogen-bond acceptors (Lipinski definition) is 5. The Hall–Kier alpha value is -3.33. The summed E-state index contributed by atoms with van der Waals surface area (Å²) >= 11 is 12.3. The van der Waals surface area contributed by atoms with Crippen LogP contribution in [0.2, 0.25) is 10.0 Å². The maximum absolute atomic E-state index is 12.0. The second kappa shape index (κ2) is 9.28. The highest BCUT2D eigenvalue weighted by Gasteiger charge is 2.41. The Morgan fingerprint density at radius 1 is 0.944 bits per heavy atom. The number of rotatable bonds is 7. The van der Waals surface area contributed by atoms with Crippen LogP contribution in [-0.4, -0.2) is 29.4 Å². The Bertz CT molecular complexity index is 1650. The van der Waals surface area contributed by atoms with Gasteiger partial charge in [0.1, 0.15) is 5.54 Å². The van der Waals surface area contributed by atoms with Crippen molar-refractivity contribution >= 4 is 49.8 Å². The van der Waals surface area contributed by atoms with E-state index in [1.54, 1.807) is 18.2 Å². The number of benzene rings is 3. The molecule has 7 nitrogen and oxygen atoms in total. The second-order valence-electron chi connectivity index (χ2n) is 8.44. The lowest BCUT2D eigenvalue weighted by Gasteiger charge is -2.33. The van der Waals surface area contributed by atoms with Crippen molar-refractivity contribution in [3.05, 3.63) is 100 Å². The Kier molecular flexibility index (Phi) is 6.28. The van der Waals surface area contributed by atoms with Crippen molar-refractivity contribution in [1.29, 1.82) is 0 Å². The topological polar surface area (TPSA) is 90.0 Å². The molecule has 2 aromatic heterocycles. The Labute approximate surface area is 218 Å². The SMILES string of the molecule is CCC(c1ccc(Cl)cc1)(c1nnc(-c2ccc(Cl)cc2)o1)n1ccc2c(NS(C)(=O)=O)cccc21. The first-order valence-electron chi connectivity index (χ1n) is 11.2. The molecule has 2 heterocycles. The number of aromatic nitrogens is 3. The van der Waals surface area contributed by atoms with Crippen LogP contribution in [0.5, 0.6) is 0 Å². The van der Waals surface area contributed by atoms with Crippen LogP contribution in [0.4, 0.5) is 5.69 Å². The summed E-state index contributed by atoms with van der Waals surface area (Å²) in [5, 5.41) is 10.8. The summed E-state index contributed by atoms with van der Waals surface area (Å²) in [6, 6.07) is 22.0. The molecule has 0 amide bonds. The van der Waals surface area contributed by atoms with E-state index >= 15 is 0 Å². The molecule has 0 saturated carbocycles. The van der Waals surface area contributed by atoms with Gasteiger partial charge in [-0.1, -0.05) is 48.3 Å². The summed E-state index contributed by atoms with van der Waals surface area (Å²) < 4.78 is 34.9. The van der Waals surface area contributed by atoms with Crippen LogP contribution in [0.25, 0.3) is 22.4 Å². The maximum Gasteiger partial charge on any atom is 0.247 e. The van der Waals surface area contributed by atoms with Gasteiger partial charge in [-0.15, -0.1) is 10.2 Å². The van der Waals surface area contributed by atoms with Gasteiger partial charge in [0, 0.05) is 27.2 Å². The summed E-state index contributed by atoms with van der Waals surface area (Å²) in [5.74, 6) is 0.751. The lowest BCUT2D eigenvalue weighted by Crippen LogP contribution is -2.35. The minimum Gasteiger partial charge on any atom is -0.418 e. The minimum absolute atomic E-state index is 0.365. The summed E-state index contributed by atoms with van der Waals surface area (Å²) in [5.41, 5.74) is 2.03. The first-order valence-corrected chi connectivity index (χ1v) is 13.8. The molecule has 3 aromatic carbocycles. The standard InChI is InChI=1S/C26H22Cl2N4O3S/c1-3-26(18-9-13-20(28)14-10-18,25-30-29-24(35-25)17-7-11-19(27)12-8-17)32-16-15-21-22(31-36(2,33)34)5-4-6-23(21)32/h4-16,31H,3H2,1-2H3. The molecule has 1 atom stereocenters. The van der Waals surface area contributed by atoms with Crippen molar-refractivity contribution in [2.75, 3.05) is 11.0 Å². The molecule has 5 aromatic rings. The van der Waals surface area contributed by atoms with Gasteiger partial charge >= 0.3 is 0 Å². The lowest BCUT2D eigenvalue weighted by atomic mass is 9.86. The molecule has 184 valence electrons. The van der Waals surface area contributed by atoms with Crippen molar-refractivity contribution in [2.24, 2.45) is 0 Å². The van der Waals surface area contributed by atoms with Crippen LogP contribution >= 0.6 is 23.2 Å². The van der Waals surface area contributed by atoms with Gasteiger partial charge in [0.05, 0.1) is 17.5 Å². The summed E-state index contributed by atoms with van der Waals surface area (Å²) in [6.07, 6.45) is 3.59. The van der Waals surface area contributed by atoms with Gasteiger partial charge in [0.15, 0.2) is 0 Å². The number of fused-ring (bicyclic) bond motifs is 1. The highest BCUT2D eigenvalue weighted by Crippen LogP contribution is 2.41. The molecule has 1 unspecified atom stereocenters. The van der Waals surface area contributed by atoms with E-state index in [1.807, 2.05) is 72.3 Å². The second-order valence-corrected chi connectivity index (χ2v) is 11.1. The third-order valence-electron chi connectivity index (χ3n) is 6.14. The van der Waals surface area contributed by atoms with Crippen molar-refractivity contribution in [3.8, 4) is 11.5 Å². The molecule has 1 N–H and O–H groups in total. The number of nitrogens with one attached hydrogen (secondary N) is 1. The lowest BCUT2D eigenvalue weighted by molar-refractivity contribution is 0.325. The fraction of sp³-hybridized carbons (Fsp3) is 0.154. The van der Waals surface area contributed by atoms with Gasteiger partial charge in [-0.25, -0.2) is 8.42 Å². The largest absolute Gasteiger partial charge is 0.418 e. The van der Waals surface area contributed by atoms with Crippen molar-refractivity contribution in [2.45, 2.75) is 18.9 Å². The van der Waals surface area contributed by atoms with Gasteiger partial charge in [-0.3, -0.25) is 4.72 Å². The average Bonchev–Trinajstić information content (AvgIpc) is 3.50. The van der Waals surface area contributed by atoms with E-state index in [9.17, 15) is 8.42 Å². The van der Waals surface area contributed by atoms with Gasteiger partial charge in [-0.2, -0.15) is 0 Å². The fourth-order valence-electron chi connectivity index (χ4n) is 4.51. The third-order valence-corrected chi connectivity index (χ3v) is 7.24. The molecule has 36 heavy (non-hydrogen) atoms. The monoisotopic (exact) mass is 540 g/mol. The molecule has 0 bridgehead atoms. The smallest absolute Gasteiger partial charge is 0.247 e. The van der Waals surface area contributed by atoms with E-state index in [1.165, 1.54) is 0 Å². The Balaban J connectivity index is 1.75. The van der Waals surface area contributed by atoms with Crippen LogP contribution < -0.4 is 4.72 Å². The van der Waals surface area contributed by atoms with Crippen molar-refractivity contribution in [1.82, 2.24) is 14.8 Å². The molecule has 0 fully saturated rings. The summed E-state index contributed by atoms with van der Waals surface area (Å²) in [6.45, 7) is 2.03. The maximum atomic E-state index is 12.0. The van der Waals surface area contributed by atoms with Crippen LogP contribution in [0.3, 0.4) is 0 Å². The van der Waals surface area contributed by atoms with E-state index < -0.39 is 15.6 Å². The fourth-order valence-corrected chi connectivity index (χ4v) is 5.34. The number of anilines is 1. The van der Waals surface area contributed by atoms with Crippen LogP contribution in [-0.2, 0) is 15.6 Å². The quantitative estimate of drug-likeness (QED) is 0.252. The zero-order chi connectivity index (χ0) is 25.5. The number of sulfonamides is 1. The number of nitrogens with zero attached hydrogens (tertiary/aromatic N) is 3. The van der Waals surface area contributed by atoms with Crippen LogP contribution in [0.1, 0.15) is 24.8 Å². The van der Waals surface area contributed by atoms with Gasteiger partial charge in [0.2, 0.25) is 21.8 Å². The van der Waals surface area contributed by atoms with Crippen LogP contribution in [0, 0.1) is 0 Å². The molecular formula is C26H22Cl2N4O3S. The van der Waals surface area contributed by atoms with E-state index in [2.05, 4.69) is 14.9 Å². The van der Waals surface area contributed by atoms with Crippen molar-refractivity contribution in [3.63, 3.8) is 0 Å². The van der Waals surface area contributed by atoms with Crippen LogP contribution in [0.15, 0.2) is 83.4 Å². The van der Waals surface area contributed by atoms with Gasteiger partial charge in [-0.05, 0) is 66.6 Å². The molecule has 0 aliphatic carbocycles. The van der Waals surface area contributed by atoms with E-state index in [0.29, 0.717) is 33.9 Å². The predicted octanol–water partition coefficient (Wildman–Crippen LogP) is 6.57. The normalized spacial score (nSPS) is 13.6. The number of hydrogen-bond donors (Lipinski definition) is 1.